The van der Waals surface area contributed by atoms with E-state index in [-0.39, 0.29) is 11.5 Å². The van der Waals surface area contributed by atoms with Crippen LogP contribution in [0.2, 0.25) is 0 Å². The summed E-state index contributed by atoms with van der Waals surface area (Å²) in [5.41, 5.74) is 3.38. The van der Waals surface area contributed by atoms with Gasteiger partial charge in [0.2, 0.25) is 0 Å². The van der Waals surface area contributed by atoms with Crippen molar-refractivity contribution >= 4 is 57.6 Å². The number of benzene rings is 2. The van der Waals surface area contributed by atoms with E-state index in [2.05, 4.69) is 0 Å². The summed E-state index contributed by atoms with van der Waals surface area (Å²) < 4.78 is 0.391. The third-order valence-electron chi connectivity index (χ3n) is 4.20. The van der Waals surface area contributed by atoms with Gasteiger partial charge in [-0.3, -0.25) is 9.69 Å². The van der Waals surface area contributed by atoms with Crippen molar-refractivity contribution in [1.82, 2.24) is 0 Å². The Bertz CT molecular complexity index is 966. The summed E-state index contributed by atoms with van der Waals surface area (Å²) in [7, 11) is 3.93. The number of carbonyl (C=O) groups excluding carboxylic acids is 1. The van der Waals surface area contributed by atoms with E-state index in [1.54, 1.807) is 12.1 Å². The van der Waals surface area contributed by atoms with E-state index in [1.165, 1.54) is 28.8 Å². The van der Waals surface area contributed by atoms with Crippen molar-refractivity contribution in [3.8, 4) is 0 Å². The summed E-state index contributed by atoms with van der Waals surface area (Å²) in [6.07, 6.45) is 1.80. The normalized spacial score (nSPS) is 15.5. The van der Waals surface area contributed by atoms with Gasteiger partial charge in [0, 0.05) is 19.8 Å². The van der Waals surface area contributed by atoms with Crippen molar-refractivity contribution in [2.45, 2.75) is 6.92 Å². The highest BCUT2D eigenvalue weighted by Gasteiger charge is 2.34. The minimum absolute atomic E-state index is 0.118. The Morgan fingerprint density at radius 2 is 1.85 bits per heavy atom. The average molecular weight is 399 g/mol. The predicted octanol–water partition coefficient (Wildman–Crippen LogP) is 4.17. The van der Waals surface area contributed by atoms with Crippen LogP contribution in [-0.2, 0) is 4.79 Å². The van der Waals surface area contributed by atoms with Gasteiger partial charge in [0.05, 0.1) is 16.2 Å². The molecule has 138 valence electrons. The minimum Gasteiger partial charge on any atom is -0.478 e. The second-order valence-electron chi connectivity index (χ2n) is 6.31. The highest BCUT2D eigenvalue weighted by Crippen LogP contribution is 2.37. The smallest absolute Gasteiger partial charge is 0.335 e. The van der Waals surface area contributed by atoms with E-state index in [1.807, 2.05) is 50.2 Å². The lowest BCUT2D eigenvalue weighted by atomic mass is 10.1. The van der Waals surface area contributed by atoms with Crippen LogP contribution < -0.4 is 9.80 Å². The van der Waals surface area contributed by atoms with E-state index in [0.717, 1.165) is 16.8 Å². The van der Waals surface area contributed by atoms with Gasteiger partial charge in [0.15, 0.2) is 4.32 Å². The molecule has 0 aromatic heterocycles. The number of aryl methyl sites for hydroxylation is 1. The van der Waals surface area contributed by atoms with Crippen molar-refractivity contribution in [2.24, 2.45) is 0 Å². The van der Waals surface area contributed by atoms with Crippen LogP contribution in [0.5, 0.6) is 0 Å². The zero-order chi connectivity index (χ0) is 19.7. The standard InChI is InChI=1S/C20H18N2O3S2/c1-12-4-7-14(19(24)25)11-16(12)22-18(23)17(27-20(22)26)10-13-5-8-15(9-6-13)21(2)3/h4-11H,1-3H3,(H,24,25). The first-order valence-corrected chi connectivity index (χ1v) is 9.39. The van der Waals surface area contributed by atoms with Gasteiger partial charge in [0.1, 0.15) is 0 Å². The molecule has 1 saturated heterocycles. The van der Waals surface area contributed by atoms with Crippen molar-refractivity contribution in [1.29, 1.82) is 0 Å². The SMILES string of the molecule is Cc1ccc(C(=O)O)cc1N1C(=O)C(=Cc2ccc(N(C)C)cc2)SC1=S. The molecule has 0 saturated carbocycles. The molecule has 1 N–H and O–H groups in total. The van der Waals surface area contributed by atoms with Gasteiger partial charge in [0.25, 0.3) is 5.91 Å². The third kappa shape index (κ3) is 3.89. The lowest BCUT2D eigenvalue weighted by Gasteiger charge is -2.17. The molecule has 2 aromatic carbocycles. The quantitative estimate of drug-likeness (QED) is 0.616. The Balaban J connectivity index is 1.93. The van der Waals surface area contributed by atoms with Crippen molar-refractivity contribution < 1.29 is 14.7 Å². The Hall–Kier alpha value is -2.64. The fourth-order valence-electron chi connectivity index (χ4n) is 2.68. The fourth-order valence-corrected chi connectivity index (χ4v) is 3.96. The molecule has 3 rings (SSSR count). The molecule has 2 aromatic rings. The first-order valence-electron chi connectivity index (χ1n) is 8.17. The summed E-state index contributed by atoms with van der Waals surface area (Å²) in [6.45, 7) is 1.82. The molecule has 0 aliphatic carbocycles. The van der Waals surface area contributed by atoms with Crippen LogP contribution in [0.1, 0.15) is 21.5 Å². The van der Waals surface area contributed by atoms with E-state index in [9.17, 15) is 14.7 Å². The summed E-state index contributed by atoms with van der Waals surface area (Å²) in [5, 5.41) is 9.23. The molecule has 1 heterocycles. The molecule has 0 atom stereocenters. The molecule has 0 bridgehead atoms. The molecule has 0 spiro atoms. The van der Waals surface area contributed by atoms with Crippen LogP contribution in [0.4, 0.5) is 11.4 Å². The Morgan fingerprint density at radius 3 is 2.44 bits per heavy atom. The maximum absolute atomic E-state index is 12.9. The number of carbonyl (C=O) groups is 2. The fraction of sp³-hybridized carbons (Fsp3) is 0.150. The third-order valence-corrected chi connectivity index (χ3v) is 5.50. The van der Waals surface area contributed by atoms with Crippen LogP contribution >= 0.6 is 24.0 Å². The Morgan fingerprint density at radius 1 is 1.19 bits per heavy atom. The maximum atomic E-state index is 12.9. The Labute approximate surface area is 167 Å². The molecule has 1 amide bonds. The van der Waals surface area contributed by atoms with Crippen molar-refractivity contribution in [3.05, 3.63) is 64.1 Å². The highest BCUT2D eigenvalue weighted by molar-refractivity contribution is 8.27. The summed E-state index contributed by atoms with van der Waals surface area (Å²) in [6, 6.07) is 12.5. The largest absolute Gasteiger partial charge is 0.478 e. The molecule has 27 heavy (non-hydrogen) atoms. The maximum Gasteiger partial charge on any atom is 0.335 e. The second-order valence-corrected chi connectivity index (χ2v) is 7.99. The number of anilines is 2. The topological polar surface area (TPSA) is 60.9 Å². The number of hydrogen-bond donors (Lipinski definition) is 1. The molecule has 1 aliphatic rings. The van der Waals surface area contributed by atoms with Crippen LogP contribution in [0.15, 0.2) is 47.4 Å². The van der Waals surface area contributed by atoms with E-state index >= 15 is 0 Å². The minimum atomic E-state index is -1.04. The average Bonchev–Trinajstić information content (AvgIpc) is 2.89. The number of rotatable bonds is 4. The monoisotopic (exact) mass is 398 g/mol. The van der Waals surface area contributed by atoms with Gasteiger partial charge in [-0.05, 0) is 48.4 Å². The van der Waals surface area contributed by atoms with E-state index < -0.39 is 5.97 Å². The van der Waals surface area contributed by atoms with Gasteiger partial charge in [-0.25, -0.2) is 4.79 Å². The van der Waals surface area contributed by atoms with E-state index in [0.29, 0.717) is 14.9 Å². The molecule has 0 radical (unpaired) electrons. The number of nitrogens with zero attached hydrogens (tertiary/aromatic N) is 2. The molecule has 7 heteroatoms. The zero-order valence-corrected chi connectivity index (χ0v) is 16.7. The van der Waals surface area contributed by atoms with Crippen LogP contribution in [0.3, 0.4) is 0 Å². The highest BCUT2D eigenvalue weighted by atomic mass is 32.2. The summed E-state index contributed by atoms with van der Waals surface area (Å²) in [4.78, 5) is 28.1. The van der Waals surface area contributed by atoms with Crippen molar-refractivity contribution in [3.63, 3.8) is 0 Å². The molecule has 5 nitrogen and oxygen atoms in total. The molecule has 1 aliphatic heterocycles. The molecule has 0 unspecified atom stereocenters. The molecule has 1 fully saturated rings. The van der Waals surface area contributed by atoms with Crippen LogP contribution in [0.25, 0.3) is 6.08 Å². The lowest BCUT2D eigenvalue weighted by molar-refractivity contribution is -0.113. The summed E-state index contributed by atoms with van der Waals surface area (Å²) >= 11 is 6.61. The van der Waals surface area contributed by atoms with Crippen LogP contribution in [0, 0.1) is 6.92 Å². The van der Waals surface area contributed by atoms with Gasteiger partial charge < -0.3 is 10.0 Å². The zero-order valence-electron chi connectivity index (χ0n) is 15.1. The van der Waals surface area contributed by atoms with Crippen LogP contribution in [-0.4, -0.2) is 35.4 Å². The first-order chi connectivity index (χ1) is 12.8. The predicted molar refractivity (Wildman–Crippen MR) is 115 cm³/mol. The number of thioether (sulfide) groups is 1. The number of thiocarbonyl (C=S) groups is 1. The van der Waals surface area contributed by atoms with Gasteiger partial charge in [-0.1, -0.05) is 42.2 Å². The summed E-state index contributed by atoms with van der Waals surface area (Å²) in [5.74, 6) is -1.29. The number of amides is 1. The second kappa shape index (κ2) is 7.54. The first kappa shape index (κ1) is 19.1. The number of aromatic carboxylic acids is 1. The number of hydrogen-bond acceptors (Lipinski definition) is 5. The van der Waals surface area contributed by atoms with Gasteiger partial charge in [-0.2, -0.15) is 0 Å². The number of carboxylic acids is 1. The molecular weight excluding hydrogens is 380 g/mol. The van der Waals surface area contributed by atoms with Gasteiger partial charge >= 0.3 is 5.97 Å². The van der Waals surface area contributed by atoms with Crippen molar-refractivity contribution in [2.75, 3.05) is 23.9 Å². The number of carboxylic acid groups (broad SMARTS) is 1. The Kier molecular flexibility index (Phi) is 5.34. The molecular formula is C20H18N2O3S2. The van der Waals surface area contributed by atoms with Gasteiger partial charge in [-0.15, -0.1) is 0 Å². The lowest BCUT2D eigenvalue weighted by Crippen LogP contribution is -2.28. The van der Waals surface area contributed by atoms with E-state index in [4.69, 9.17) is 12.2 Å².